The fourth-order valence-corrected chi connectivity index (χ4v) is 2.09. The van der Waals surface area contributed by atoms with E-state index < -0.39 is 17.8 Å². The number of aliphatic carboxylic acids is 1. The fraction of sp³-hybridized carbons (Fsp3) is 0.833. The second kappa shape index (κ2) is 6.00. The standard InChI is InChI=1S/C12H21NO4/c1-7(8(2)12(16)17)11(15)13-6-9-4-3-5-10(9)14/h7-10,14H,3-6H2,1-2H3,(H,13,15)(H,16,17). The topological polar surface area (TPSA) is 86.6 Å². The highest BCUT2D eigenvalue weighted by atomic mass is 16.4. The number of carbonyl (C=O) groups excluding carboxylic acids is 1. The highest BCUT2D eigenvalue weighted by molar-refractivity contribution is 5.84. The zero-order chi connectivity index (χ0) is 13.0. The van der Waals surface area contributed by atoms with E-state index in [0.717, 1.165) is 19.3 Å². The van der Waals surface area contributed by atoms with Crippen molar-refractivity contribution < 1.29 is 19.8 Å². The first-order valence-corrected chi connectivity index (χ1v) is 6.12. The molecule has 4 unspecified atom stereocenters. The van der Waals surface area contributed by atoms with Gasteiger partial charge in [0.2, 0.25) is 5.91 Å². The molecule has 1 fully saturated rings. The summed E-state index contributed by atoms with van der Waals surface area (Å²) in [5.41, 5.74) is 0. The van der Waals surface area contributed by atoms with Crippen LogP contribution in [0.4, 0.5) is 0 Å². The van der Waals surface area contributed by atoms with Crippen LogP contribution in [0.25, 0.3) is 0 Å². The number of aliphatic hydroxyl groups is 1. The van der Waals surface area contributed by atoms with Gasteiger partial charge in [-0.1, -0.05) is 20.3 Å². The minimum absolute atomic E-state index is 0.117. The van der Waals surface area contributed by atoms with E-state index in [0.29, 0.717) is 6.54 Å². The maximum absolute atomic E-state index is 11.7. The molecule has 0 spiro atoms. The molecule has 0 radical (unpaired) electrons. The van der Waals surface area contributed by atoms with Crippen molar-refractivity contribution >= 4 is 11.9 Å². The lowest BCUT2D eigenvalue weighted by Gasteiger charge is -2.19. The van der Waals surface area contributed by atoms with E-state index in [4.69, 9.17) is 5.11 Å². The molecule has 1 rings (SSSR count). The second-order valence-corrected chi connectivity index (χ2v) is 4.92. The molecule has 5 heteroatoms. The van der Waals surface area contributed by atoms with Crippen molar-refractivity contribution in [3.63, 3.8) is 0 Å². The number of hydrogen-bond donors (Lipinski definition) is 3. The largest absolute Gasteiger partial charge is 0.481 e. The molecule has 1 aliphatic rings. The van der Waals surface area contributed by atoms with Gasteiger partial charge in [0.15, 0.2) is 0 Å². The summed E-state index contributed by atoms with van der Waals surface area (Å²) in [6.45, 7) is 3.58. The van der Waals surface area contributed by atoms with Gasteiger partial charge in [-0.2, -0.15) is 0 Å². The highest BCUT2D eigenvalue weighted by Gasteiger charge is 2.28. The number of hydrogen-bond acceptors (Lipinski definition) is 3. The van der Waals surface area contributed by atoms with Gasteiger partial charge in [0.1, 0.15) is 0 Å². The third kappa shape index (κ3) is 3.70. The number of nitrogens with one attached hydrogen (secondary N) is 1. The zero-order valence-corrected chi connectivity index (χ0v) is 10.3. The lowest BCUT2D eigenvalue weighted by atomic mass is 9.95. The van der Waals surface area contributed by atoms with E-state index in [-0.39, 0.29) is 17.9 Å². The Bertz CT molecular complexity index is 292. The Hall–Kier alpha value is -1.10. The Kier molecular flexibility index (Phi) is 4.93. The van der Waals surface area contributed by atoms with Crippen molar-refractivity contribution in [3.8, 4) is 0 Å². The fourth-order valence-electron chi connectivity index (χ4n) is 2.09. The van der Waals surface area contributed by atoms with E-state index in [1.165, 1.54) is 6.92 Å². The molecule has 5 nitrogen and oxygen atoms in total. The molecule has 1 amide bonds. The van der Waals surface area contributed by atoms with Gasteiger partial charge in [0.25, 0.3) is 0 Å². The van der Waals surface area contributed by atoms with Crippen molar-refractivity contribution in [2.75, 3.05) is 6.54 Å². The predicted molar refractivity (Wildman–Crippen MR) is 62.3 cm³/mol. The molecule has 17 heavy (non-hydrogen) atoms. The van der Waals surface area contributed by atoms with Crippen molar-refractivity contribution in [3.05, 3.63) is 0 Å². The Morgan fingerprint density at radius 2 is 1.94 bits per heavy atom. The van der Waals surface area contributed by atoms with Crippen molar-refractivity contribution in [1.29, 1.82) is 0 Å². The molecule has 1 saturated carbocycles. The maximum atomic E-state index is 11.7. The quantitative estimate of drug-likeness (QED) is 0.660. The Labute approximate surface area is 101 Å². The molecule has 0 aromatic carbocycles. The van der Waals surface area contributed by atoms with Gasteiger partial charge in [0.05, 0.1) is 12.0 Å². The third-order valence-corrected chi connectivity index (χ3v) is 3.71. The summed E-state index contributed by atoms with van der Waals surface area (Å²) in [6.07, 6.45) is 2.37. The Morgan fingerprint density at radius 3 is 2.41 bits per heavy atom. The average Bonchev–Trinajstić information content (AvgIpc) is 2.69. The molecule has 3 N–H and O–H groups in total. The van der Waals surface area contributed by atoms with Crippen LogP contribution in [-0.4, -0.2) is 34.7 Å². The van der Waals surface area contributed by atoms with Crippen molar-refractivity contribution in [2.24, 2.45) is 17.8 Å². The molecule has 0 bridgehead atoms. The van der Waals surface area contributed by atoms with Crippen LogP contribution in [0.5, 0.6) is 0 Å². The van der Waals surface area contributed by atoms with Crippen LogP contribution in [0.3, 0.4) is 0 Å². The second-order valence-electron chi connectivity index (χ2n) is 4.92. The van der Waals surface area contributed by atoms with Gasteiger partial charge >= 0.3 is 5.97 Å². The third-order valence-electron chi connectivity index (χ3n) is 3.71. The number of carboxylic acid groups (broad SMARTS) is 1. The van der Waals surface area contributed by atoms with Crippen LogP contribution >= 0.6 is 0 Å². The van der Waals surface area contributed by atoms with Gasteiger partial charge in [-0.25, -0.2) is 0 Å². The van der Waals surface area contributed by atoms with Crippen LogP contribution in [-0.2, 0) is 9.59 Å². The maximum Gasteiger partial charge on any atom is 0.307 e. The summed E-state index contributed by atoms with van der Waals surface area (Å²) in [5.74, 6) is -2.34. The van der Waals surface area contributed by atoms with E-state index in [1.807, 2.05) is 0 Å². The molecule has 4 atom stereocenters. The molecular formula is C12H21NO4. The van der Waals surface area contributed by atoms with Gasteiger partial charge in [-0.15, -0.1) is 0 Å². The van der Waals surface area contributed by atoms with E-state index >= 15 is 0 Å². The molecule has 98 valence electrons. The number of aliphatic hydroxyl groups excluding tert-OH is 1. The first-order chi connectivity index (χ1) is 7.93. The SMILES string of the molecule is CC(C(=O)O)C(C)C(=O)NCC1CCCC1O. The highest BCUT2D eigenvalue weighted by Crippen LogP contribution is 2.24. The van der Waals surface area contributed by atoms with Gasteiger partial charge in [-0.3, -0.25) is 9.59 Å². The molecule has 0 aromatic rings. The number of rotatable bonds is 5. The van der Waals surface area contributed by atoms with Crippen LogP contribution in [0.2, 0.25) is 0 Å². The normalized spacial score (nSPS) is 27.5. The van der Waals surface area contributed by atoms with Gasteiger partial charge in [0, 0.05) is 18.4 Å². The average molecular weight is 243 g/mol. The smallest absolute Gasteiger partial charge is 0.307 e. The first kappa shape index (κ1) is 14.0. The van der Waals surface area contributed by atoms with Gasteiger partial charge in [-0.05, 0) is 12.8 Å². The van der Waals surface area contributed by atoms with Crippen LogP contribution < -0.4 is 5.32 Å². The first-order valence-electron chi connectivity index (χ1n) is 6.12. The Morgan fingerprint density at radius 1 is 1.29 bits per heavy atom. The van der Waals surface area contributed by atoms with Crippen LogP contribution in [0, 0.1) is 17.8 Å². The lowest BCUT2D eigenvalue weighted by molar-refractivity contribution is -0.146. The van der Waals surface area contributed by atoms with Crippen LogP contribution in [0.1, 0.15) is 33.1 Å². The molecule has 0 aliphatic heterocycles. The predicted octanol–water partition coefficient (Wildman–Crippen LogP) is 0.620. The summed E-state index contributed by atoms with van der Waals surface area (Å²) >= 11 is 0. The monoisotopic (exact) mass is 243 g/mol. The number of carbonyl (C=O) groups is 2. The van der Waals surface area contributed by atoms with E-state index in [2.05, 4.69) is 5.32 Å². The molecule has 0 saturated heterocycles. The van der Waals surface area contributed by atoms with E-state index in [1.54, 1.807) is 6.92 Å². The van der Waals surface area contributed by atoms with E-state index in [9.17, 15) is 14.7 Å². The number of carboxylic acids is 1. The number of amides is 1. The summed E-state index contributed by atoms with van der Waals surface area (Å²) < 4.78 is 0. The summed E-state index contributed by atoms with van der Waals surface area (Å²) in [6, 6.07) is 0. The Balaban J connectivity index is 2.36. The summed E-state index contributed by atoms with van der Waals surface area (Å²) in [5, 5.41) is 21.1. The minimum atomic E-state index is -0.964. The zero-order valence-electron chi connectivity index (χ0n) is 10.3. The molecular weight excluding hydrogens is 222 g/mol. The van der Waals surface area contributed by atoms with Crippen molar-refractivity contribution in [2.45, 2.75) is 39.2 Å². The molecule has 0 heterocycles. The van der Waals surface area contributed by atoms with Crippen LogP contribution in [0.15, 0.2) is 0 Å². The van der Waals surface area contributed by atoms with Gasteiger partial charge < -0.3 is 15.5 Å². The van der Waals surface area contributed by atoms with Crippen molar-refractivity contribution in [1.82, 2.24) is 5.32 Å². The molecule has 1 aliphatic carbocycles. The summed E-state index contributed by atoms with van der Waals surface area (Å²) in [4.78, 5) is 22.4. The lowest BCUT2D eigenvalue weighted by Crippen LogP contribution is -2.39. The summed E-state index contributed by atoms with van der Waals surface area (Å²) in [7, 11) is 0. The minimum Gasteiger partial charge on any atom is -0.481 e. The molecule has 0 aromatic heterocycles.